The van der Waals surface area contributed by atoms with Gasteiger partial charge in [-0.05, 0) is 40.6 Å². The third kappa shape index (κ3) is 4.68. The maximum absolute atomic E-state index is 12.5. The highest BCUT2D eigenvalue weighted by Gasteiger charge is 2.12. The molecule has 0 aliphatic rings. The lowest BCUT2D eigenvalue weighted by molar-refractivity contribution is -0.118. The first kappa shape index (κ1) is 19.4. The molecule has 0 radical (unpaired) electrons. The number of hydrogen-bond acceptors (Lipinski definition) is 2. The van der Waals surface area contributed by atoms with Gasteiger partial charge in [-0.2, -0.15) is 0 Å². The number of nitrogens with zero attached hydrogens (tertiary/aromatic N) is 1. The number of rotatable bonds is 5. The van der Waals surface area contributed by atoms with E-state index >= 15 is 0 Å². The summed E-state index contributed by atoms with van der Waals surface area (Å²) in [5, 5.41) is 8.03. The van der Waals surface area contributed by atoms with Gasteiger partial charge in [0.15, 0.2) is 0 Å². The number of amides is 3. The zero-order valence-electron chi connectivity index (χ0n) is 16.4. The van der Waals surface area contributed by atoms with E-state index in [-0.39, 0.29) is 17.9 Å². The SMILES string of the molecule is CC(C)C(=O)Nc1ccc(NC(=O)N(C)Cc2cccc3ccccc23)cc1. The molecule has 0 aliphatic heterocycles. The molecule has 144 valence electrons. The van der Waals surface area contributed by atoms with Crippen molar-refractivity contribution in [3.8, 4) is 0 Å². The predicted octanol–water partition coefficient (Wildman–Crippen LogP) is 5.10. The molecule has 5 nitrogen and oxygen atoms in total. The van der Waals surface area contributed by atoms with E-state index < -0.39 is 0 Å². The lowest BCUT2D eigenvalue weighted by atomic mass is 10.0. The van der Waals surface area contributed by atoms with Crippen LogP contribution < -0.4 is 10.6 Å². The van der Waals surface area contributed by atoms with Gasteiger partial charge >= 0.3 is 6.03 Å². The number of hydrogen-bond donors (Lipinski definition) is 2. The minimum atomic E-state index is -0.188. The largest absolute Gasteiger partial charge is 0.326 e. The standard InChI is InChI=1S/C23H25N3O2/c1-16(2)22(27)24-19-11-13-20(14-12-19)25-23(28)26(3)15-18-9-6-8-17-7-4-5-10-21(17)18/h4-14,16H,15H2,1-3H3,(H,24,27)(H,25,28). The summed E-state index contributed by atoms with van der Waals surface area (Å²) in [7, 11) is 1.77. The van der Waals surface area contributed by atoms with Crippen molar-refractivity contribution in [1.82, 2.24) is 4.90 Å². The van der Waals surface area contributed by atoms with Crippen molar-refractivity contribution >= 4 is 34.1 Å². The van der Waals surface area contributed by atoms with E-state index in [1.807, 2.05) is 38.1 Å². The van der Waals surface area contributed by atoms with Gasteiger partial charge in [0.2, 0.25) is 5.91 Å². The van der Waals surface area contributed by atoms with E-state index in [1.165, 1.54) is 0 Å². The maximum atomic E-state index is 12.5. The lowest BCUT2D eigenvalue weighted by Gasteiger charge is -2.19. The summed E-state index contributed by atoms with van der Waals surface area (Å²) in [6.45, 7) is 4.20. The molecule has 0 atom stereocenters. The number of benzene rings is 3. The highest BCUT2D eigenvalue weighted by molar-refractivity contribution is 5.93. The fourth-order valence-corrected chi connectivity index (χ4v) is 2.90. The fourth-order valence-electron chi connectivity index (χ4n) is 2.90. The smallest absolute Gasteiger partial charge is 0.321 e. The molecule has 2 N–H and O–H groups in total. The Morgan fingerprint density at radius 2 is 1.46 bits per heavy atom. The Morgan fingerprint density at radius 1 is 0.857 bits per heavy atom. The van der Waals surface area contributed by atoms with Crippen LogP contribution in [0.1, 0.15) is 19.4 Å². The first-order chi connectivity index (χ1) is 13.4. The van der Waals surface area contributed by atoms with Gasteiger partial charge in [0.25, 0.3) is 0 Å². The van der Waals surface area contributed by atoms with Gasteiger partial charge in [-0.3, -0.25) is 4.79 Å². The van der Waals surface area contributed by atoms with Gasteiger partial charge < -0.3 is 15.5 Å². The van der Waals surface area contributed by atoms with E-state index in [9.17, 15) is 9.59 Å². The van der Waals surface area contributed by atoms with Crippen molar-refractivity contribution in [2.75, 3.05) is 17.7 Å². The molecule has 5 heteroatoms. The first-order valence-electron chi connectivity index (χ1n) is 9.33. The Balaban J connectivity index is 1.63. The number of urea groups is 1. The van der Waals surface area contributed by atoms with E-state index in [0.717, 1.165) is 16.3 Å². The van der Waals surface area contributed by atoms with E-state index in [1.54, 1.807) is 36.2 Å². The Labute approximate surface area is 165 Å². The van der Waals surface area contributed by atoms with E-state index in [0.29, 0.717) is 17.9 Å². The summed E-state index contributed by atoms with van der Waals surface area (Å²) in [6, 6.07) is 21.2. The second-order valence-electron chi connectivity index (χ2n) is 7.15. The normalized spacial score (nSPS) is 10.7. The number of nitrogens with one attached hydrogen (secondary N) is 2. The molecule has 28 heavy (non-hydrogen) atoms. The zero-order valence-corrected chi connectivity index (χ0v) is 16.4. The van der Waals surface area contributed by atoms with Crippen LogP contribution in [0, 0.1) is 5.92 Å². The molecule has 0 fully saturated rings. The summed E-state index contributed by atoms with van der Waals surface area (Å²) in [4.78, 5) is 25.9. The van der Waals surface area contributed by atoms with Crippen molar-refractivity contribution in [3.63, 3.8) is 0 Å². The topological polar surface area (TPSA) is 61.4 Å². The molecule has 0 bridgehead atoms. The summed E-state index contributed by atoms with van der Waals surface area (Å²) in [5.74, 6) is -0.117. The second-order valence-corrected chi connectivity index (χ2v) is 7.15. The van der Waals surface area contributed by atoms with Crippen molar-refractivity contribution in [2.45, 2.75) is 20.4 Å². The molecule has 3 rings (SSSR count). The minimum Gasteiger partial charge on any atom is -0.326 e. The first-order valence-corrected chi connectivity index (χ1v) is 9.33. The van der Waals surface area contributed by atoms with Crippen LogP contribution in [0.3, 0.4) is 0 Å². The van der Waals surface area contributed by atoms with Gasteiger partial charge in [0.05, 0.1) is 0 Å². The minimum absolute atomic E-state index is 0.0355. The molecule has 3 aromatic carbocycles. The Kier molecular flexibility index (Phi) is 5.94. The lowest BCUT2D eigenvalue weighted by Crippen LogP contribution is -2.30. The summed E-state index contributed by atoms with van der Waals surface area (Å²) < 4.78 is 0. The zero-order chi connectivity index (χ0) is 20.1. The predicted molar refractivity (Wildman–Crippen MR) is 114 cm³/mol. The number of fused-ring (bicyclic) bond motifs is 1. The van der Waals surface area contributed by atoms with Crippen molar-refractivity contribution in [2.24, 2.45) is 5.92 Å². The highest BCUT2D eigenvalue weighted by Crippen LogP contribution is 2.20. The van der Waals surface area contributed by atoms with E-state index in [2.05, 4.69) is 28.8 Å². The van der Waals surface area contributed by atoms with Crippen LogP contribution in [-0.4, -0.2) is 23.9 Å². The summed E-state index contributed by atoms with van der Waals surface area (Å²) >= 11 is 0. The Morgan fingerprint density at radius 3 is 2.14 bits per heavy atom. The molecular formula is C23H25N3O2. The van der Waals surface area contributed by atoms with Gasteiger partial charge in [0.1, 0.15) is 0 Å². The fraction of sp³-hybridized carbons (Fsp3) is 0.217. The van der Waals surface area contributed by atoms with Crippen LogP contribution in [-0.2, 0) is 11.3 Å². The molecule has 0 unspecified atom stereocenters. The van der Waals surface area contributed by atoms with Crippen LogP contribution >= 0.6 is 0 Å². The third-order valence-corrected chi connectivity index (χ3v) is 4.56. The molecule has 0 spiro atoms. The molecular weight excluding hydrogens is 350 g/mol. The number of carbonyl (C=O) groups excluding carboxylic acids is 2. The van der Waals surface area contributed by atoms with Crippen molar-refractivity contribution in [3.05, 3.63) is 72.3 Å². The van der Waals surface area contributed by atoms with Crippen LogP contribution in [0.2, 0.25) is 0 Å². The Hall–Kier alpha value is -3.34. The molecule has 3 amide bonds. The number of anilines is 2. The van der Waals surface area contributed by atoms with Crippen LogP contribution in [0.4, 0.5) is 16.2 Å². The highest BCUT2D eigenvalue weighted by atomic mass is 16.2. The second kappa shape index (κ2) is 8.57. The number of carbonyl (C=O) groups is 2. The quantitative estimate of drug-likeness (QED) is 0.652. The molecule has 0 saturated heterocycles. The van der Waals surface area contributed by atoms with Gasteiger partial charge in [-0.25, -0.2) is 4.79 Å². The molecule has 0 aliphatic carbocycles. The van der Waals surface area contributed by atoms with Crippen molar-refractivity contribution in [1.29, 1.82) is 0 Å². The third-order valence-electron chi connectivity index (χ3n) is 4.56. The van der Waals surface area contributed by atoms with Gasteiger partial charge in [-0.1, -0.05) is 56.3 Å². The van der Waals surface area contributed by atoms with Gasteiger partial charge in [0, 0.05) is 30.9 Å². The maximum Gasteiger partial charge on any atom is 0.321 e. The summed E-state index contributed by atoms with van der Waals surface area (Å²) in [6.07, 6.45) is 0. The average Bonchev–Trinajstić information content (AvgIpc) is 2.69. The average molecular weight is 375 g/mol. The molecule has 3 aromatic rings. The summed E-state index contributed by atoms with van der Waals surface area (Å²) in [5.41, 5.74) is 2.49. The van der Waals surface area contributed by atoms with Crippen LogP contribution in [0.25, 0.3) is 10.8 Å². The van der Waals surface area contributed by atoms with Gasteiger partial charge in [-0.15, -0.1) is 0 Å². The Bertz CT molecular complexity index is 975. The van der Waals surface area contributed by atoms with Crippen molar-refractivity contribution < 1.29 is 9.59 Å². The van der Waals surface area contributed by atoms with Crippen LogP contribution in [0.15, 0.2) is 66.7 Å². The molecule has 0 heterocycles. The monoisotopic (exact) mass is 375 g/mol. The van der Waals surface area contributed by atoms with E-state index in [4.69, 9.17) is 0 Å². The molecule has 0 saturated carbocycles. The molecule has 0 aromatic heterocycles. The van der Waals surface area contributed by atoms with Crippen LogP contribution in [0.5, 0.6) is 0 Å².